The van der Waals surface area contributed by atoms with Crippen LogP contribution in [-0.4, -0.2) is 55.1 Å². The number of urea groups is 1. The van der Waals surface area contributed by atoms with E-state index >= 15 is 0 Å². The number of carboxylic acids is 1. The molecule has 2 amide bonds. The minimum Gasteiger partial charge on any atom is -0.479 e. The summed E-state index contributed by atoms with van der Waals surface area (Å²) in [6.07, 6.45) is -0.902. The summed E-state index contributed by atoms with van der Waals surface area (Å²) >= 11 is 0. The molecule has 7 heteroatoms. The number of aliphatic hydroxyl groups is 1. The first kappa shape index (κ1) is 13.7. The van der Waals surface area contributed by atoms with Gasteiger partial charge in [-0.1, -0.05) is 0 Å². The lowest BCUT2D eigenvalue weighted by atomic mass is 10.3. The van der Waals surface area contributed by atoms with Crippen LogP contribution in [0.5, 0.6) is 0 Å². The fourth-order valence-corrected chi connectivity index (χ4v) is 0.758. The minimum atomic E-state index is -1.57. The average Bonchev–Trinajstić information content (AvgIpc) is 2.20. The van der Waals surface area contributed by atoms with Crippen LogP contribution in [0.3, 0.4) is 0 Å². The number of ether oxygens (including phenoxy) is 1. The lowest BCUT2D eigenvalue weighted by molar-refractivity contribution is -0.146. The van der Waals surface area contributed by atoms with Gasteiger partial charge in [-0.05, 0) is 6.42 Å². The van der Waals surface area contributed by atoms with Gasteiger partial charge in [0.1, 0.15) is 0 Å². The first-order chi connectivity index (χ1) is 7.07. The molecule has 0 bridgehead atoms. The molecule has 0 spiro atoms. The van der Waals surface area contributed by atoms with Crippen molar-refractivity contribution in [3.05, 3.63) is 0 Å². The second-order valence-electron chi connectivity index (χ2n) is 2.84. The largest absolute Gasteiger partial charge is 0.479 e. The van der Waals surface area contributed by atoms with Crippen LogP contribution in [0.25, 0.3) is 0 Å². The third kappa shape index (κ3) is 7.71. The number of amides is 2. The monoisotopic (exact) mass is 220 g/mol. The third-order valence-corrected chi connectivity index (χ3v) is 1.55. The second-order valence-corrected chi connectivity index (χ2v) is 2.84. The maximum absolute atomic E-state index is 11.0. The first-order valence-electron chi connectivity index (χ1n) is 4.49. The van der Waals surface area contributed by atoms with E-state index in [0.717, 1.165) is 0 Å². The first-order valence-corrected chi connectivity index (χ1v) is 4.49. The quantitative estimate of drug-likeness (QED) is 0.402. The molecule has 1 atom stereocenters. The highest BCUT2D eigenvalue weighted by Gasteiger charge is 2.13. The van der Waals surface area contributed by atoms with Crippen molar-refractivity contribution in [2.75, 3.05) is 26.8 Å². The standard InChI is InChI=1S/C8H16N2O5/c1-15-4-2-3-9-8(14)10-5-6(11)7(12)13/h6,11H,2-5H2,1H3,(H,12,13)(H2,9,10,14). The summed E-state index contributed by atoms with van der Waals surface area (Å²) < 4.78 is 4.76. The molecule has 0 aliphatic heterocycles. The Labute approximate surface area is 87.4 Å². The Hall–Kier alpha value is -1.34. The number of carbonyl (C=O) groups excluding carboxylic acids is 1. The van der Waals surface area contributed by atoms with Crippen molar-refractivity contribution < 1.29 is 24.5 Å². The normalized spacial score (nSPS) is 11.9. The highest BCUT2D eigenvalue weighted by atomic mass is 16.5. The minimum absolute atomic E-state index is 0.314. The van der Waals surface area contributed by atoms with E-state index in [-0.39, 0.29) is 6.54 Å². The summed E-state index contributed by atoms with van der Waals surface area (Å²) in [5.41, 5.74) is 0. The lowest BCUT2D eigenvalue weighted by Crippen LogP contribution is -2.42. The Bertz CT molecular complexity index is 209. The van der Waals surface area contributed by atoms with Crippen LogP contribution in [0.15, 0.2) is 0 Å². The van der Waals surface area contributed by atoms with Crippen molar-refractivity contribution in [3.8, 4) is 0 Å². The van der Waals surface area contributed by atoms with Crippen LogP contribution < -0.4 is 10.6 Å². The molecule has 4 N–H and O–H groups in total. The van der Waals surface area contributed by atoms with E-state index in [1.807, 2.05) is 0 Å². The van der Waals surface area contributed by atoms with Crippen LogP contribution in [0.2, 0.25) is 0 Å². The third-order valence-electron chi connectivity index (χ3n) is 1.55. The number of aliphatic carboxylic acids is 1. The van der Waals surface area contributed by atoms with E-state index < -0.39 is 18.1 Å². The fourth-order valence-electron chi connectivity index (χ4n) is 0.758. The topological polar surface area (TPSA) is 108 Å². The zero-order valence-electron chi connectivity index (χ0n) is 8.52. The van der Waals surface area contributed by atoms with E-state index in [9.17, 15) is 9.59 Å². The summed E-state index contributed by atoms with van der Waals surface area (Å²) in [7, 11) is 1.56. The molecule has 0 aromatic carbocycles. The van der Waals surface area contributed by atoms with Crippen LogP contribution >= 0.6 is 0 Å². The number of carbonyl (C=O) groups is 2. The molecule has 0 saturated carbocycles. The Balaban J connectivity index is 3.45. The van der Waals surface area contributed by atoms with Crippen LogP contribution in [-0.2, 0) is 9.53 Å². The average molecular weight is 220 g/mol. The highest BCUT2D eigenvalue weighted by molar-refractivity contribution is 5.76. The highest BCUT2D eigenvalue weighted by Crippen LogP contribution is 1.80. The van der Waals surface area contributed by atoms with Crippen LogP contribution in [0.1, 0.15) is 6.42 Å². The second kappa shape index (κ2) is 8.01. The van der Waals surface area contributed by atoms with Gasteiger partial charge in [0, 0.05) is 20.3 Å². The van der Waals surface area contributed by atoms with Crippen molar-refractivity contribution in [3.63, 3.8) is 0 Å². The molecule has 0 heterocycles. The molecule has 0 saturated heterocycles. The van der Waals surface area contributed by atoms with Gasteiger partial charge in [0.2, 0.25) is 0 Å². The van der Waals surface area contributed by atoms with Crippen molar-refractivity contribution in [1.82, 2.24) is 10.6 Å². The molecule has 7 nitrogen and oxygen atoms in total. The van der Waals surface area contributed by atoms with Gasteiger partial charge in [0.15, 0.2) is 6.10 Å². The number of aliphatic hydroxyl groups excluding tert-OH is 1. The summed E-state index contributed by atoms with van der Waals surface area (Å²) in [5.74, 6) is -1.37. The van der Waals surface area contributed by atoms with Crippen molar-refractivity contribution in [2.45, 2.75) is 12.5 Å². The summed E-state index contributed by atoms with van der Waals surface area (Å²) in [6, 6.07) is -0.508. The maximum atomic E-state index is 11.0. The molecule has 0 aromatic rings. The Morgan fingerprint density at radius 2 is 2.07 bits per heavy atom. The van der Waals surface area contributed by atoms with Gasteiger partial charge in [0.25, 0.3) is 0 Å². The van der Waals surface area contributed by atoms with Gasteiger partial charge >= 0.3 is 12.0 Å². The number of hydrogen-bond acceptors (Lipinski definition) is 4. The molecule has 15 heavy (non-hydrogen) atoms. The molecule has 0 radical (unpaired) electrons. The van der Waals surface area contributed by atoms with E-state index in [2.05, 4.69) is 10.6 Å². The van der Waals surface area contributed by atoms with Gasteiger partial charge in [-0.15, -0.1) is 0 Å². The van der Waals surface area contributed by atoms with E-state index in [1.165, 1.54) is 0 Å². The summed E-state index contributed by atoms with van der Waals surface area (Å²) in [6.45, 7) is 0.659. The molecule has 0 fully saturated rings. The van der Waals surface area contributed by atoms with Gasteiger partial charge in [0.05, 0.1) is 6.54 Å². The van der Waals surface area contributed by atoms with Gasteiger partial charge in [-0.3, -0.25) is 0 Å². The van der Waals surface area contributed by atoms with Crippen molar-refractivity contribution in [2.24, 2.45) is 0 Å². The number of rotatable bonds is 7. The van der Waals surface area contributed by atoms with Gasteiger partial charge < -0.3 is 25.6 Å². The molecular formula is C8H16N2O5. The smallest absolute Gasteiger partial charge is 0.334 e. The molecule has 0 aliphatic rings. The summed E-state index contributed by atoms with van der Waals surface area (Å²) in [4.78, 5) is 21.1. The summed E-state index contributed by atoms with van der Waals surface area (Å²) in [5, 5.41) is 21.8. The molecule has 0 rings (SSSR count). The number of nitrogens with one attached hydrogen (secondary N) is 2. The van der Waals surface area contributed by atoms with E-state index in [0.29, 0.717) is 19.6 Å². The predicted molar refractivity (Wildman–Crippen MR) is 51.5 cm³/mol. The molecule has 0 aromatic heterocycles. The van der Waals surface area contributed by atoms with Gasteiger partial charge in [-0.2, -0.15) is 0 Å². The zero-order valence-corrected chi connectivity index (χ0v) is 8.52. The molecular weight excluding hydrogens is 204 g/mol. The number of methoxy groups -OCH3 is 1. The fraction of sp³-hybridized carbons (Fsp3) is 0.750. The zero-order chi connectivity index (χ0) is 11.7. The molecule has 88 valence electrons. The molecule has 1 unspecified atom stereocenters. The van der Waals surface area contributed by atoms with E-state index in [4.69, 9.17) is 14.9 Å². The van der Waals surface area contributed by atoms with Crippen molar-refractivity contribution >= 4 is 12.0 Å². The Morgan fingerprint density at radius 3 is 2.60 bits per heavy atom. The predicted octanol–water partition coefficient (Wildman–Crippen LogP) is -1.23. The molecule has 0 aliphatic carbocycles. The lowest BCUT2D eigenvalue weighted by Gasteiger charge is -2.08. The maximum Gasteiger partial charge on any atom is 0.334 e. The number of carboxylic acid groups (broad SMARTS) is 1. The Morgan fingerprint density at radius 1 is 1.40 bits per heavy atom. The van der Waals surface area contributed by atoms with Crippen molar-refractivity contribution in [1.29, 1.82) is 0 Å². The van der Waals surface area contributed by atoms with Gasteiger partial charge in [-0.25, -0.2) is 9.59 Å². The van der Waals surface area contributed by atoms with Crippen LogP contribution in [0, 0.1) is 0 Å². The Kier molecular flexibility index (Phi) is 7.29. The SMILES string of the molecule is COCCCNC(=O)NCC(O)C(=O)O. The van der Waals surface area contributed by atoms with Crippen LogP contribution in [0.4, 0.5) is 4.79 Å². The number of hydrogen-bond donors (Lipinski definition) is 4. The van der Waals surface area contributed by atoms with E-state index in [1.54, 1.807) is 7.11 Å².